The molecule has 0 saturated heterocycles. The van der Waals surface area contributed by atoms with Crippen LogP contribution in [0.1, 0.15) is 16.5 Å². The summed E-state index contributed by atoms with van der Waals surface area (Å²) < 4.78 is 6.12. The highest BCUT2D eigenvalue weighted by Gasteiger charge is 2.17. The highest BCUT2D eigenvalue weighted by Crippen LogP contribution is 2.39. The van der Waals surface area contributed by atoms with Crippen LogP contribution >= 0.6 is 50.7 Å². The molecule has 2 aromatic rings. The number of alkyl halides is 1. The fraction of sp³-hybridized carbons (Fsp3) is 0.143. The zero-order valence-electron chi connectivity index (χ0n) is 9.96. The lowest BCUT2D eigenvalue weighted by Gasteiger charge is -2.14. The number of benzene rings is 2. The second-order valence-electron chi connectivity index (χ2n) is 3.92. The van der Waals surface area contributed by atoms with Crippen LogP contribution in [0.2, 0.25) is 10.0 Å². The quantitative estimate of drug-likeness (QED) is 0.585. The molecule has 0 saturated carbocycles. The Bertz CT molecular complexity index is 584. The van der Waals surface area contributed by atoms with Gasteiger partial charge in [-0.1, -0.05) is 51.3 Å². The first-order chi connectivity index (χ1) is 9.02. The Labute approximate surface area is 135 Å². The van der Waals surface area contributed by atoms with Crippen LogP contribution in [0.3, 0.4) is 0 Å². The largest absolute Gasteiger partial charge is 0.495 e. The fourth-order valence-electron chi connectivity index (χ4n) is 1.71. The van der Waals surface area contributed by atoms with Gasteiger partial charge in [-0.15, -0.1) is 11.6 Å². The van der Waals surface area contributed by atoms with Gasteiger partial charge >= 0.3 is 0 Å². The molecule has 0 bridgehead atoms. The van der Waals surface area contributed by atoms with Crippen LogP contribution < -0.4 is 4.74 Å². The summed E-state index contributed by atoms with van der Waals surface area (Å²) in [4.78, 5) is 0. The van der Waals surface area contributed by atoms with Crippen LogP contribution in [-0.4, -0.2) is 7.11 Å². The molecule has 100 valence electrons. The van der Waals surface area contributed by atoms with Gasteiger partial charge in [0.1, 0.15) is 5.75 Å². The predicted octanol–water partition coefficient (Wildman–Crippen LogP) is 6.09. The normalized spacial score (nSPS) is 12.3. The topological polar surface area (TPSA) is 9.23 Å². The van der Waals surface area contributed by atoms with Crippen molar-refractivity contribution < 1.29 is 4.74 Å². The molecule has 0 fully saturated rings. The van der Waals surface area contributed by atoms with Crippen LogP contribution in [0.5, 0.6) is 5.75 Å². The van der Waals surface area contributed by atoms with E-state index in [2.05, 4.69) is 15.9 Å². The summed E-state index contributed by atoms with van der Waals surface area (Å²) in [7, 11) is 1.55. The summed E-state index contributed by atoms with van der Waals surface area (Å²) in [5.41, 5.74) is 1.71. The third-order valence-electron chi connectivity index (χ3n) is 2.71. The summed E-state index contributed by atoms with van der Waals surface area (Å²) in [5.74, 6) is 0.537. The summed E-state index contributed by atoms with van der Waals surface area (Å²) in [6.07, 6.45) is 0. The zero-order chi connectivity index (χ0) is 14.0. The van der Waals surface area contributed by atoms with Crippen LogP contribution in [0.4, 0.5) is 0 Å². The van der Waals surface area contributed by atoms with Crippen molar-refractivity contribution in [2.24, 2.45) is 0 Å². The molecule has 1 unspecified atom stereocenters. The van der Waals surface area contributed by atoms with Gasteiger partial charge in [0.25, 0.3) is 0 Å². The van der Waals surface area contributed by atoms with E-state index in [0.717, 1.165) is 15.6 Å². The molecule has 1 atom stereocenters. The SMILES string of the molecule is COc1cc(Cl)c(C(Cl)c2ccc(Br)cc2)cc1Cl. The summed E-state index contributed by atoms with van der Waals surface area (Å²) in [5, 5.41) is 0.665. The lowest BCUT2D eigenvalue weighted by atomic mass is 10.0. The van der Waals surface area contributed by atoms with Gasteiger partial charge in [-0.3, -0.25) is 0 Å². The third kappa shape index (κ3) is 3.38. The van der Waals surface area contributed by atoms with Gasteiger partial charge in [0, 0.05) is 15.6 Å². The average Bonchev–Trinajstić information content (AvgIpc) is 2.41. The van der Waals surface area contributed by atoms with Crippen molar-refractivity contribution in [3.05, 3.63) is 62.0 Å². The predicted molar refractivity (Wildman–Crippen MR) is 84.9 cm³/mol. The zero-order valence-corrected chi connectivity index (χ0v) is 13.8. The smallest absolute Gasteiger partial charge is 0.138 e. The molecule has 5 heteroatoms. The molecule has 19 heavy (non-hydrogen) atoms. The van der Waals surface area contributed by atoms with Crippen LogP contribution in [0, 0.1) is 0 Å². The summed E-state index contributed by atoms with van der Waals surface area (Å²) in [6.45, 7) is 0. The van der Waals surface area contributed by atoms with Crippen molar-refractivity contribution in [2.75, 3.05) is 7.11 Å². The minimum atomic E-state index is -0.357. The van der Waals surface area contributed by atoms with E-state index in [1.807, 2.05) is 24.3 Å². The van der Waals surface area contributed by atoms with Crippen LogP contribution in [0.15, 0.2) is 40.9 Å². The first-order valence-corrected chi connectivity index (χ1v) is 7.44. The lowest BCUT2D eigenvalue weighted by molar-refractivity contribution is 0.415. The van der Waals surface area contributed by atoms with Gasteiger partial charge in [-0.2, -0.15) is 0 Å². The molecule has 0 aliphatic carbocycles. The number of rotatable bonds is 3. The average molecular weight is 380 g/mol. The Morgan fingerprint density at radius 3 is 2.26 bits per heavy atom. The first kappa shape index (κ1) is 15.0. The maximum Gasteiger partial charge on any atom is 0.138 e. The number of methoxy groups -OCH3 is 1. The van der Waals surface area contributed by atoms with E-state index < -0.39 is 0 Å². The maximum atomic E-state index is 6.46. The highest BCUT2D eigenvalue weighted by atomic mass is 79.9. The molecule has 0 aromatic heterocycles. The van der Waals surface area contributed by atoms with Crippen molar-refractivity contribution in [3.8, 4) is 5.75 Å². The van der Waals surface area contributed by atoms with Gasteiger partial charge in [0.15, 0.2) is 0 Å². The number of halogens is 4. The maximum absolute atomic E-state index is 6.46. The Kier molecular flexibility index (Phi) is 5.02. The second kappa shape index (κ2) is 6.36. The monoisotopic (exact) mass is 378 g/mol. The van der Waals surface area contributed by atoms with E-state index in [9.17, 15) is 0 Å². The van der Waals surface area contributed by atoms with Crippen molar-refractivity contribution in [1.82, 2.24) is 0 Å². The summed E-state index contributed by atoms with van der Waals surface area (Å²) in [6, 6.07) is 11.2. The van der Waals surface area contributed by atoms with E-state index in [4.69, 9.17) is 39.5 Å². The molecule has 0 amide bonds. The standard InChI is InChI=1S/C14H10BrCl3O/c1-19-13-7-11(16)10(6-12(13)17)14(18)8-2-4-9(15)5-3-8/h2-7,14H,1H3. The number of ether oxygens (including phenoxy) is 1. The van der Waals surface area contributed by atoms with Gasteiger partial charge in [0.05, 0.1) is 17.5 Å². The molecule has 2 aromatic carbocycles. The van der Waals surface area contributed by atoms with E-state index in [1.54, 1.807) is 19.2 Å². The molecule has 0 heterocycles. The highest BCUT2D eigenvalue weighted by molar-refractivity contribution is 9.10. The Balaban J connectivity index is 2.41. The lowest BCUT2D eigenvalue weighted by Crippen LogP contribution is -1.96. The fourth-order valence-corrected chi connectivity index (χ4v) is 2.86. The van der Waals surface area contributed by atoms with Gasteiger partial charge in [-0.05, 0) is 29.3 Å². The summed E-state index contributed by atoms with van der Waals surface area (Å²) >= 11 is 22.2. The molecule has 0 spiro atoms. The molecular formula is C14H10BrCl3O. The number of hydrogen-bond acceptors (Lipinski definition) is 1. The van der Waals surface area contributed by atoms with Crippen molar-refractivity contribution >= 4 is 50.7 Å². The van der Waals surface area contributed by atoms with Crippen LogP contribution in [-0.2, 0) is 0 Å². The van der Waals surface area contributed by atoms with Crippen molar-refractivity contribution in [2.45, 2.75) is 5.38 Å². The first-order valence-electron chi connectivity index (χ1n) is 5.45. The molecule has 0 radical (unpaired) electrons. The van der Waals surface area contributed by atoms with Gasteiger partial charge < -0.3 is 4.74 Å². The Hall–Kier alpha value is -0.410. The van der Waals surface area contributed by atoms with Crippen LogP contribution in [0.25, 0.3) is 0 Å². The minimum Gasteiger partial charge on any atom is -0.495 e. The Morgan fingerprint density at radius 2 is 1.68 bits per heavy atom. The van der Waals surface area contributed by atoms with Gasteiger partial charge in [0.2, 0.25) is 0 Å². The second-order valence-corrected chi connectivity index (χ2v) is 6.09. The van der Waals surface area contributed by atoms with E-state index >= 15 is 0 Å². The number of hydrogen-bond donors (Lipinski definition) is 0. The Morgan fingerprint density at radius 1 is 1.05 bits per heavy atom. The minimum absolute atomic E-state index is 0.357. The molecule has 0 aliphatic rings. The molecule has 0 aliphatic heterocycles. The third-order valence-corrected chi connectivity index (χ3v) is 4.35. The van der Waals surface area contributed by atoms with Gasteiger partial charge in [-0.25, -0.2) is 0 Å². The molecule has 1 nitrogen and oxygen atoms in total. The molecule has 0 N–H and O–H groups in total. The van der Waals surface area contributed by atoms with E-state index in [-0.39, 0.29) is 5.38 Å². The van der Waals surface area contributed by atoms with Crippen molar-refractivity contribution in [1.29, 1.82) is 0 Å². The van der Waals surface area contributed by atoms with Crippen molar-refractivity contribution in [3.63, 3.8) is 0 Å². The van der Waals surface area contributed by atoms with E-state index in [0.29, 0.717) is 15.8 Å². The molecular weight excluding hydrogens is 370 g/mol. The molecule has 2 rings (SSSR count). The van der Waals surface area contributed by atoms with E-state index in [1.165, 1.54) is 0 Å².